The summed E-state index contributed by atoms with van der Waals surface area (Å²) in [5.41, 5.74) is 1.64. The first-order valence-electron chi connectivity index (χ1n) is 11.6. The van der Waals surface area contributed by atoms with E-state index < -0.39 is 0 Å². The SMILES string of the molecule is COc1ccccc1C(=O)NCC1(c2ccccc2)CCC(N=C(NC#N)N2CCC2)CC1. The molecule has 1 aliphatic heterocycles. The van der Waals surface area contributed by atoms with E-state index in [1.54, 1.807) is 19.2 Å². The number of ether oxygens (including phenoxy) is 1. The molecule has 2 N–H and O–H groups in total. The first-order chi connectivity index (χ1) is 16.1. The molecule has 1 amide bonds. The number of nitrogens with zero attached hydrogens (tertiary/aromatic N) is 3. The van der Waals surface area contributed by atoms with Gasteiger partial charge in [-0.25, -0.2) is 4.99 Å². The predicted molar refractivity (Wildman–Crippen MR) is 128 cm³/mol. The minimum atomic E-state index is -0.148. The summed E-state index contributed by atoms with van der Waals surface area (Å²) in [5, 5.41) is 15.0. The Hall–Kier alpha value is -3.53. The number of aliphatic imine (C=N–C) groups is 1. The van der Waals surface area contributed by atoms with Crippen LogP contribution in [0.5, 0.6) is 5.75 Å². The minimum Gasteiger partial charge on any atom is -0.496 e. The van der Waals surface area contributed by atoms with Crippen molar-refractivity contribution in [2.45, 2.75) is 43.6 Å². The first kappa shape index (κ1) is 22.7. The van der Waals surface area contributed by atoms with Gasteiger partial charge in [0.05, 0.1) is 18.7 Å². The quantitative estimate of drug-likeness (QED) is 0.308. The van der Waals surface area contributed by atoms with Gasteiger partial charge in [-0.3, -0.25) is 10.1 Å². The third kappa shape index (κ3) is 5.11. The molecule has 0 bridgehead atoms. The number of nitrogens with one attached hydrogen (secondary N) is 2. The van der Waals surface area contributed by atoms with Gasteiger partial charge in [-0.2, -0.15) is 5.26 Å². The number of likely N-dealkylation sites (tertiary alicyclic amines) is 1. The van der Waals surface area contributed by atoms with Crippen LogP contribution in [-0.2, 0) is 5.41 Å². The van der Waals surface area contributed by atoms with Crippen LogP contribution in [-0.4, -0.2) is 49.6 Å². The van der Waals surface area contributed by atoms with Gasteiger partial charge in [0.25, 0.3) is 5.91 Å². The molecular formula is C26H31N5O2. The van der Waals surface area contributed by atoms with Gasteiger partial charge in [-0.1, -0.05) is 42.5 Å². The van der Waals surface area contributed by atoms with E-state index in [2.05, 4.69) is 39.8 Å². The van der Waals surface area contributed by atoms with E-state index in [9.17, 15) is 4.79 Å². The highest BCUT2D eigenvalue weighted by Crippen LogP contribution is 2.40. The van der Waals surface area contributed by atoms with Crippen molar-refractivity contribution in [1.82, 2.24) is 15.5 Å². The molecule has 33 heavy (non-hydrogen) atoms. The van der Waals surface area contributed by atoms with Crippen molar-refractivity contribution in [2.24, 2.45) is 4.99 Å². The number of para-hydroxylation sites is 1. The van der Waals surface area contributed by atoms with Gasteiger partial charge >= 0.3 is 0 Å². The molecule has 0 spiro atoms. The van der Waals surface area contributed by atoms with Crippen LogP contribution in [0, 0.1) is 11.5 Å². The topological polar surface area (TPSA) is 89.7 Å². The maximum atomic E-state index is 13.0. The van der Waals surface area contributed by atoms with Gasteiger partial charge in [0.2, 0.25) is 5.96 Å². The maximum Gasteiger partial charge on any atom is 0.255 e. The molecule has 0 atom stereocenters. The Kier molecular flexibility index (Phi) is 7.13. The Morgan fingerprint density at radius 1 is 1.15 bits per heavy atom. The van der Waals surface area contributed by atoms with Crippen LogP contribution in [0.15, 0.2) is 59.6 Å². The van der Waals surface area contributed by atoms with Crippen molar-refractivity contribution in [1.29, 1.82) is 5.26 Å². The highest BCUT2D eigenvalue weighted by atomic mass is 16.5. The van der Waals surface area contributed by atoms with Crippen molar-refractivity contribution in [3.05, 3.63) is 65.7 Å². The number of hydrogen-bond acceptors (Lipinski definition) is 4. The van der Waals surface area contributed by atoms with Gasteiger partial charge < -0.3 is 15.0 Å². The number of nitriles is 1. The average molecular weight is 446 g/mol. The smallest absolute Gasteiger partial charge is 0.255 e. The van der Waals surface area contributed by atoms with Crippen LogP contribution in [0.3, 0.4) is 0 Å². The Balaban J connectivity index is 1.49. The summed E-state index contributed by atoms with van der Waals surface area (Å²) in [7, 11) is 1.58. The maximum absolute atomic E-state index is 13.0. The zero-order chi connectivity index (χ0) is 23.1. The lowest BCUT2D eigenvalue weighted by atomic mass is 9.68. The van der Waals surface area contributed by atoms with E-state index >= 15 is 0 Å². The number of methoxy groups -OCH3 is 1. The molecule has 4 rings (SSSR count). The molecule has 1 heterocycles. The fourth-order valence-corrected chi connectivity index (χ4v) is 4.76. The molecule has 172 valence electrons. The Morgan fingerprint density at radius 2 is 1.85 bits per heavy atom. The fraction of sp³-hybridized carbons (Fsp3) is 0.423. The lowest BCUT2D eigenvalue weighted by molar-refractivity contribution is 0.0932. The standard InChI is InChI=1S/C26H31N5O2/c1-33-23-11-6-5-10-22(23)24(32)28-18-26(20-8-3-2-4-9-20)14-12-21(13-15-26)30-25(29-19-27)31-16-7-17-31/h2-6,8-11,21H,7,12-18H2,1H3,(H,28,32)(H,29,30). The van der Waals surface area contributed by atoms with Gasteiger partial charge in [0, 0.05) is 25.0 Å². The van der Waals surface area contributed by atoms with Gasteiger partial charge in [-0.15, -0.1) is 0 Å². The fourth-order valence-electron chi connectivity index (χ4n) is 4.76. The van der Waals surface area contributed by atoms with E-state index in [-0.39, 0.29) is 17.4 Å². The summed E-state index contributed by atoms with van der Waals surface area (Å²) in [5.74, 6) is 1.15. The Bertz CT molecular complexity index is 1020. The molecule has 2 aliphatic rings. The monoisotopic (exact) mass is 445 g/mol. The number of carbonyl (C=O) groups is 1. The Morgan fingerprint density at radius 3 is 2.48 bits per heavy atom. The summed E-state index contributed by atoms with van der Waals surface area (Å²) >= 11 is 0. The van der Waals surface area contributed by atoms with E-state index in [4.69, 9.17) is 15.0 Å². The summed E-state index contributed by atoms with van der Waals surface area (Å²) in [6.45, 7) is 2.45. The molecule has 7 nitrogen and oxygen atoms in total. The molecular weight excluding hydrogens is 414 g/mol. The largest absolute Gasteiger partial charge is 0.496 e. The first-order valence-corrected chi connectivity index (χ1v) is 11.6. The second kappa shape index (κ2) is 10.4. The number of hydrogen-bond donors (Lipinski definition) is 2. The zero-order valence-electron chi connectivity index (χ0n) is 19.1. The van der Waals surface area contributed by atoms with Gasteiger partial charge in [-0.05, 0) is 49.8 Å². The van der Waals surface area contributed by atoms with Crippen molar-refractivity contribution in [3.8, 4) is 11.9 Å². The van der Waals surface area contributed by atoms with E-state index in [0.717, 1.165) is 45.2 Å². The summed E-state index contributed by atoms with van der Waals surface area (Å²) < 4.78 is 5.36. The lowest BCUT2D eigenvalue weighted by Gasteiger charge is -2.41. The highest BCUT2D eigenvalue weighted by Gasteiger charge is 2.37. The second-order valence-electron chi connectivity index (χ2n) is 8.79. The molecule has 7 heteroatoms. The number of rotatable bonds is 6. The van der Waals surface area contributed by atoms with Crippen LogP contribution in [0.4, 0.5) is 0 Å². The number of benzene rings is 2. The normalized spacial score (nSPS) is 22.6. The van der Waals surface area contributed by atoms with Crippen molar-refractivity contribution in [2.75, 3.05) is 26.7 Å². The van der Waals surface area contributed by atoms with E-state index in [1.165, 1.54) is 5.56 Å². The number of guanidine groups is 1. The number of amides is 1. The van der Waals surface area contributed by atoms with Crippen molar-refractivity contribution in [3.63, 3.8) is 0 Å². The second-order valence-corrected chi connectivity index (χ2v) is 8.79. The highest BCUT2D eigenvalue weighted by molar-refractivity contribution is 5.97. The molecule has 0 radical (unpaired) electrons. The third-order valence-corrected chi connectivity index (χ3v) is 6.87. The van der Waals surface area contributed by atoms with Crippen LogP contribution < -0.4 is 15.4 Å². The molecule has 2 fully saturated rings. The van der Waals surface area contributed by atoms with Crippen LogP contribution in [0.2, 0.25) is 0 Å². The van der Waals surface area contributed by atoms with Crippen molar-refractivity contribution < 1.29 is 9.53 Å². The van der Waals surface area contributed by atoms with Crippen LogP contribution >= 0.6 is 0 Å². The van der Waals surface area contributed by atoms with Gasteiger partial charge in [0.15, 0.2) is 6.19 Å². The summed E-state index contributed by atoms with van der Waals surface area (Å²) in [4.78, 5) is 20.0. The Labute approximate surface area is 195 Å². The molecule has 1 saturated carbocycles. The molecule has 0 unspecified atom stereocenters. The minimum absolute atomic E-state index is 0.124. The predicted octanol–water partition coefficient (Wildman–Crippen LogP) is 3.44. The van der Waals surface area contributed by atoms with E-state index in [0.29, 0.717) is 23.8 Å². The lowest BCUT2D eigenvalue weighted by Crippen LogP contribution is -2.49. The van der Waals surface area contributed by atoms with Crippen molar-refractivity contribution >= 4 is 11.9 Å². The van der Waals surface area contributed by atoms with E-state index in [1.807, 2.05) is 24.4 Å². The third-order valence-electron chi connectivity index (χ3n) is 6.87. The molecule has 1 saturated heterocycles. The number of carbonyl (C=O) groups excluding carboxylic acids is 1. The average Bonchev–Trinajstić information content (AvgIpc) is 2.83. The van der Waals surface area contributed by atoms with Gasteiger partial charge in [0.1, 0.15) is 5.75 Å². The molecule has 1 aliphatic carbocycles. The van der Waals surface area contributed by atoms with Crippen LogP contribution in [0.25, 0.3) is 0 Å². The molecule has 2 aromatic carbocycles. The molecule has 2 aromatic rings. The summed E-state index contributed by atoms with van der Waals surface area (Å²) in [6, 6.07) is 17.9. The van der Waals surface area contributed by atoms with Crippen LogP contribution in [0.1, 0.15) is 48.0 Å². The zero-order valence-corrected chi connectivity index (χ0v) is 19.1. The summed E-state index contributed by atoms with van der Waals surface area (Å²) in [6.07, 6.45) is 6.81. The molecule has 0 aromatic heterocycles.